The summed E-state index contributed by atoms with van der Waals surface area (Å²) in [5, 5.41) is 2.73. The third kappa shape index (κ3) is 7.36. The van der Waals surface area contributed by atoms with Crippen LogP contribution in [0.4, 0.5) is 0 Å². The number of hydrogen-bond donors (Lipinski definition) is 2. The third-order valence-corrected chi connectivity index (χ3v) is 3.95. The highest BCUT2D eigenvalue weighted by molar-refractivity contribution is 7.85. The van der Waals surface area contributed by atoms with Gasteiger partial charge in [0.15, 0.2) is 0 Å². The van der Waals surface area contributed by atoms with Crippen LogP contribution in [-0.2, 0) is 26.3 Å². The van der Waals surface area contributed by atoms with Crippen molar-refractivity contribution in [3.05, 3.63) is 65.7 Å². The van der Waals surface area contributed by atoms with Crippen molar-refractivity contribution < 1.29 is 22.5 Å². The van der Waals surface area contributed by atoms with E-state index in [0.29, 0.717) is 12.2 Å². The molecular formula is C17H21NO5S. The number of carbonyl (C=O) groups excluding carboxylic acids is 1. The Balaban J connectivity index is 0.000000243. The van der Waals surface area contributed by atoms with Gasteiger partial charge in [-0.25, -0.2) is 0 Å². The Kier molecular flexibility index (Phi) is 8.11. The molecule has 2 N–H and O–H groups in total. The summed E-state index contributed by atoms with van der Waals surface area (Å²) in [6.45, 7) is 2.23. The molecule has 2 rings (SSSR count). The first-order valence-corrected chi connectivity index (χ1v) is 8.66. The molecule has 0 spiro atoms. The van der Waals surface area contributed by atoms with Crippen LogP contribution in [0.25, 0.3) is 0 Å². The maximum absolute atomic E-state index is 10.9. The number of esters is 1. The Hall–Kier alpha value is -2.22. The van der Waals surface area contributed by atoms with Crippen molar-refractivity contribution in [2.24, 2.45) is 0 Å². The molecule has 0 atom stereocenters. The van der Waals surface area contributed by atoms with E-state index >= 15 is 0 Å². The SMILES string of the molecule is CNCC(=O)OCc1ccccc1.Cc1ccccc1S(=O)(=O)O. The molecule has 0 heterocycles. The summed E-state index contributed by atoms with van der Waals surface area (Å²) in [6.07, 6.45) is 0. The Bertz CT molecular complexity index is 745. The minimum absolute atomic E-state index is 0.0278. The first-order valence-electron chi connectivity index (χ1n) is 7.22. The first kappa shape index (κ1) is 19.8. The van der Waals surface area contributed by atoms with Gasteiger partial charge < -0.3 is 10.1 Å². The lowest BCUT2D eigenvalue weighted by Crippen LogP contribution is -2.20. The maximum Gasteiger partial charge on any atom is 0.320 e. The summed E-state index contributed by atoms with van der Waals surface area (Å²) >= 11 is 0. The van der Waals surface area contributed by atoms with E-state index in [1.807, 2.05) is 30.3 Å². The molecule has 0 amide bonds. The average Bonchev–Trinajstić information content (AvgIpc) is 2.54. The lowest BCUT2D eigenvalue weighted by Gasteiger charge is -2.03. The van der Waals surface area contributed by atoms with Crippen LogP contribution in [0, 0.1) is 6.92 Å². The molecule has 6 nitrogen and oxygen atoms in total. The standard InChI is InChI=1S/C10H13NO2.C7H8O3S/c1-11-7-10(12)13-8-9-5-3-2-4-6-9;1-6-4-2-3-5-7(6)11(8,9)10/h2-6,11H,7-8H2,1H3;2-5H,1H3,(H,8,9,10). The van der Waals surface area contributed by atoms with E-state index in [1.54, 1.807) is 32.2 Å². The van der Waals surface area contributed by atoms with Crippen molar-refractivity contribution in [2.45, 2.75) is 18.4 Å². The van der Waals surface area contributed by atoms with Gasteiger partial charge in [0.25, 0.3) is 10.1 Å². The second kappa shape index (κ2) is 9.82. The van der Waals surface area contributed by atoms with Gasteiger partial charge in [-0.1, -0.05) is 48.5 Å². The zero-order valence-electron chi connectivity index (χ0n) is 13.6. The summed E-state index contributed by atoms with van der Waals surface area (Å²) in [7, 11) is -2.32. The lowest BCUT2D eigenvalue weighted by molar-refractivity contribution is -0.143. The van der Waals surface area contributed by atoms with Crippen molar-refractivity contribution in [3.8, 4) is 0 Å². The first-order chi connectivity index (χ1) is 11.3. The molecular weight excluding hydrogens is 330 g/mol. The van der Waals surface area contributed by atoms with Crippen LogP contribution in [0.5, 0.6) is 0 Å². The van der Waals surface area contributed by atoms with Gasteiger partial charge in [0, 0.05) is 0 Å². The molecule has 0 aromatic heterocycles. The fraction of sp³-hybridized carbons (Fsp3) is 0.235. The van der Waals surface area contributed by atoms with Gasteiger partial charge in [-0.05, 0) is 31.2 Å². The monoisotopic (exact) mass is 351 g/mol. The van der Waals surface area contributed by atoms with E-state index in [0.717, 1.165) is 5.56 Å². The molecule has 2 aromatic rings. The van der Waals surface area contributed by atoms with Gasteiger partial charge in [-0.2, -0.15) is 8.42 Å². The Morgan fingerprint density at radius 1 is 1.08 bits per heavy atom. The quantitative estimate of drug-likeness (QED) is 0.634. The number of carbonyl (C=O) groups is 1. The van der Waals surface area contributed by atoms with Crippen molar-refractivity contribution in [3.63, 3.8) is 0 Å². The molecule has 0 unspecified atom stereocenters. The van der Waals surface area contributed by atoms with Gasteiger partial charge in [0.2, 0.25) is 0 Å². The zero-order valence-corrected chi connectivity index (χ0v) is 14.4. The lowest BCUT2D eigenvalue weighted by atomic mass is 10.2. The van der Waals surface area contributed by atoms with Crippen molar-refractivity contribution >= 4 is 16.1 Å². The van der Waals surface area contributed by atoms with Crippen LogP contribution >= 0.6 is 0 Å². The smallest absolute Gasteiger partial charge is 0.320 e. The minimum Gasteiger partial charge on any atom is -0.460 e. The van der Waals surface area contributed by atoms with E-state index in [9.17, 15) is 13.2 Å². The summed E-state index contributed by atoms with van der Waals surface area (Å²) in [4.78, 5) is 10.9. The molecule has 7 heteroatoms. The van der Waals surface area contributed by atoms with Crippen LogP contribution in [0.3, 0.4) is 0 Å². The molecule has 0 saturated carbocycles. The van der Waals surface area contributed by atoms with E-state index in [4.69, 9.17) is 9.29 Å². The molecule has 2 aromatic carbocycles. The third-order valence-electron chi connectivity index (χ3n) is 2.94. The fourth-order valence-corrected chi connectivity index (χ4v) is 2.50. The number of nitrogens with one attached hydrogen (secondary N) is 1. The van der Waals surface area contributed by atoms with E-state index < -0.39 is 10.1 Å². The van der Waals surface area contributed by atoms with Crippen LogP contribution in [0.2, 0.25) is 0 Å². The average molecular weight is 351 g/mol. The van der Waals surface area contributed by atoms with Gasteiger partial charge in [-0.3, -0.25) is 9.35 Å². The second-order valence-electron chi connectivity index (χ2n) is 4.92. The Morgan fingerprint density at radius 2 is 1.67 bits per heavy atom. The fourth-order valence-electron chi connectivity index (χ4n) is 1.78. The van der Waals surface area contributed by atoms with Crippen molar-refractivity contribution in [2.75, 3.05) is 13.6 Å². The number of likely N-dealkylation sites (N-methyl/N-ethyl adjacent to an activating group) is 1. The summed E-state index contributed by atoms with van der Waals surface area (Å²) in [6, 6.07) is 15.9. The molecule has 0 bridgehead atoms. The summed E-state index contributed by atoms with van der Waals surface area (Å²) < 4.78 is 34.8. The van der Waals surface area contributed by atoms with Gasteiger partial charge in [0.05, 0.1) is 11.4 Å². The molecule has 24 heavy (non-hydrogen) atoms. The topological polar surface area (TPSA) is 92.7 Å². The molecule has 0 fully saturated rings. The molecule has 0 aliphatic rings. The second-order valence-corrected chi connectivity index (χ2v) is 6.31. The van der Waals surface area contributed by atoms with E-state index in [1.165, 1.54) is 6.07 Å². The number of ether oxygens (including phenoxy) is 1. The molecule has 0 saturated heterocycles. The number of aryl methyl sites for hydroxylation is 1. The predicted molar refractivity (Wildman–Crippen MR) is 91.2 cm³/mol. The van der Waals surface area contributed by atoms with Crippen LogP contribution in [-0.4, -0.2) is 32.5 Å². The van der Waals surface area contributed by atoms with Crippen LogP contribution < -0.4 is 5.32 Å². The zero-order chi connectivity index (χ0) is 18.0. The summed E-state index contributed by atoms with van der Waals surface area (Å²) in [5.41, 5.74) is 1.56. The molecule has 130 valence electrons. The minimum atomic E-state index is -4.03. The summed E-state index contributed by atoms with van der Waals surface area (Å²) in [5.74, 6) is -0.230. The molecule has 0 aliphatic heterocycles. The normalized spacial score (nSPS) is 10.5. The van der Waals surface area contributed by atoms with Crippen LogP contribution in [0.1, 0.15) is 11.1 Å². The highest BCUT2D eigenvalue weighted by Gasteiger charge is 2.10. The number of rotatable bonds is 5. The molecule has 0 aliphatic carbocycles. The van der Waals surface area contributed by atoms with Gasteiger partial charge in [0.1, 0.15) is 6.61 Å². The largest absolute Gasteiger partial charge is 0.460 e. The van der Waals surface area contributed by atoms with Gasteiger partial charge >= 0.3 is 5.97 Å². The maximum atomic E-state index is 10.9. The van der Waals surface area contributed by atoms with E-state index in [-0.39, 0.29) is 17.4 Å². The van der Waals surface area contributed by atoms with Crippen LogP contribution in [0.15, 0.2) is 59.5 Å². The highest BCUT2D eigenvalue weighted by Crippen LogP contribution is 2.12. The Labute approximate surface area is 142 Å². The Morgan fingerprint density at radius 3 is 2.17 bits per heavy atom. The van der Waals surface area contributed by atoms with Crippen molar-refractivity contribution in [1.29, 1.82) is 0 Å². The number of benzene rings is 2. The molecule has 0 radical (unpaired) electrons. The van der Waals surface area contributed by atoms with Gasteiger partial charge in [-0.15, -0.1) is 0 Å². The number of hydrogen-bond acceptors (Lipinski definition) is 5. The predicted octanol–water partition coefficient (Wildman–Crippen LogP) is 2.19. The van der Waals surface area contributed by atoms with Crippen molar-refractivity contribution in [1.82, 2.24) is 5.32 Å². The highest BCUT2D eigenvalue weighted by atomic mass is 32.2. The van der Waals surface area contributed by atoms with E-state index in [2.05, 4.69) is 5.32 Å².